The van der Waals surface area contributed by atoms with Crippen LogP contribution in [0.1, 0.15) is 5.56 Å². The highest BCUT2D eigenvalue weighted by Crippen LogP contribution is 2.08. The van der Waals surface area contributed by atoms with E-state index in [-0.39, 0.29) is 11.7 Å². The fourth-order valence-electron chi connectivity index (χ4n) is 0.875. The number of phenolic OH excluding ortho intramolecular Hbond substituents is 1. The number of nitrogens with one attached hydrogen (secondary N) is 1. The minimum absolute atomic E-state index is 0.201. The van der Waals surface area contributed by atoms with Gasteiger partial charge in [-0.25, -0.2) is 0 Å². The molecule has 0 aliphatic heterocycles. The summed E-state index contributed by atoms with van der Waals surface area (Å²) in [5, 5.41) is 11.6. The van der Waals surface area contributed by atoms with Crippen molar-refractivity contribution in [3.63, 3.8) is 0 Å². The van der Waals surface area contributed by atoms with E-state index in [1.54, 1.807) is 24.3 Å². The zero-order valence-corrected chi connectivity index (χ0v) is 7.16. The Kier molecular flexibility index (Phi) is 3.09. The molecule has 0 fully saturated rings. The highest BCUT2D eigenvalue weighted by Gasteiger charge is 1.95. The molecule has 0 spiro atoms. The molecule has 0 bridgehead atoms. The number of carbonyl (C=O) groups excluding carboxylic acids is 1. The van der Waals surface area contributed by atoms with Crippen LogP contribution in [0.2, 0.25) is 0 Å². The standard InChI is InChI=1S/C10H11NO2/c1-2-10(13)11-7-8-3-5-9(12)6-4-8/h2-6,12H,1,7H2,(H,11,13). The first kappa shape index (κ1) is 9.32. The maximum atomic E-state index is 10.8. The third-order valence-electron chi connectivity index (χ3n) is 1.59. The Hall–Kier alpha value is -1.77. The Labute approximate surface area is 76.7 Å². The molecule has 3 nitrogen and oxygen atoms in total. The molecule has 1 amide bonds. The average molecular weight is 177 g/mol. The first-order valence-corrected chi connectivity index (χ1v) is 3.90. The van der Waals surface area contributed by atoms with Gasteiger partial charge in [0.15, 0.2) is 0 Å². The van der Waals surface area contributed by atoms with Crippen molar-refractivity contribution in [3.05, 3.63) is 42.5 Å². The molecule has 13 heavy (non-hydrogen) atoms. The van der Waals surface area contributed by atoms with Gasteiger partial charge in [-0.15, -0.1) is 0 Å². The second kappa shape index (κ2) is 4.30. The van der Waals surface area contributed by atoms with Gasteiger partial charge < -0.3 is 10.4 Å². The fraction of sp³-hybridized carbons (Fsp3) is 0.100. The Morgan fingerprint density at radius 2 is 2.08 bits per heavy atom. The summed E-state index contributed by atoms with van der Waals surface area (Å²) in [7, 11) is 0. The van der Waals surface area contributed by atoms with Crippen molar-refractivity contribution < 1.29 is 9.90 Å². The van der Waals surface area contributed by atoms with Gasteiger partial charge in [-0.3, -0.25) is 4.79 Å². The van der Waals surface area contributed by atoms with Crippen molar-refractivity contribution in [2.45, 2.75) is 6.54 Å². The highest BCUT2D eigenvalue weighted by atomic mass is 16.3. The Balaban J connectivity index is 2.50. The SMILES string of the molecule is C=CC(=O)NCc1ccc(O)cc1. The predicted molar refractivity (Wildman–Crippen MR) is 50.2 cm³/mol. The molecule has 0 saturated carbocycles. The summed E-state index contributed by atoms with van der Waals surface area (Å²) in [4.78, 5) is 10.8. The van der Waals surface area contributed by atoms with Gasteiger partial charge in [0.1, 0.15) is 5.75 Å². The van der Waals surface area contributed by atoms with E-state index in [4.69, 9.17) is 5.11 Å². The van der Waals surface area contributed by atoms with E-state index >= 15 is 0 Å². The molecule has 1 rings (SSSR count). The number of phenols is 1. The van der Waals surface area contributed by atoms with Crippen molar-refractivity contribution in [3.8, 4) is 5.75 Å². The monoisotopic (exact) mass is 177 g/mol. The molecule has 0 unspecified atom stereocenters. The number of benzene rings is 1. The summed E-state index contributed by atoms with van der Waals surface area (Å²) in [6.07, 6.45) is 1.22. The van der Waals surface area contributed by atoms with Crippen molar-refractivity contribution in [2.24, 2.45) is 0 Å². The number of rotatable bonds is 3. The molecular formula is C10H11NO2. The van der Waals surface area contributed by atoms with Crippen LogP contribution in [0.3, 0.4) is 0 Å². The summed E-state index contributed by atoms with van der Waals surface area (Å²) in [5.74, 6) is 0.0203. The Morgan fingerprint density at radius 3 is 2.62 bits per heavy atom. The van der Waals surface area contributed by atoms with Crippen LogP contribution in [0, 0.1) is 0 Å². The molecule has 68 valence electrons. The maximum Gasteiger partial charge on any atom is 0.243 e. The summed E-state index contributed by atoms with van der Waals surface area (Å²) in [5.41, 5.74) is 0.938. The second-order valence-corrected chi connectivity index (χ2v) is 2.59. The number of amides is 1. The zero-order chi connectivity index (χ0) is 9.68. The molecular weight excluding hydrogens is 166 g/mol. The van der Waals surface area contributed by atoms with Crippen LogP contribution in [0.25, 0.3) is 0 Å². The minimum atomic E-state index is -0.201. The van der Waals surface area contributed by atoms with Gasteiger partial charge in [0, 0.05) is 6.54 Å². The molecule has 0 aliphatic rings. The molecule has 0 aliphatic carbocycles. The molecule has 0 saturated heterocycles. The lowest BCUT2D eigenvalue weighted by atomic mass is 10.2. The van der Waals surface area contributed by atoms with Crippen LogP contribution >= 0.6 is 0 Å². The highest BCUT2D eigenvalue weighted by molar-refractivity contribution is 5.86. The second-order valence-electron chi connectivity index (χ2n) is 2.59. The van der Waals surface area contributed by atoms with Gasteiger partial charge in [-0.1, -0.05) is 18.7 Å². The lowest BCUT2D eigenvalue weighted by Gasteiger charge is -2.01. The van der Waals surface area contributed by atoms with E-state index in [1.165, 1.54) is 6.08 Å². The van der Waals surface area contributed by atoms with Gasteiger partial charge >= 0.3 is 0 Å². The van der Waals surface area contributed by atoms with E-state index in [1.807, 2.05) is 0 Å². The third kappa shape index (κ3) is 2.99. The molecule has 0 atom stereocenters. The van der Waals surface area contributed by atoms with Crippen molar-refractivity contribution in [1.29, 1.82) is 0 Å². The molecule has 2 N–H and O–H groups in total. The molecule has 0 heterocycles. The van der Waals surface area contributed by atoms with E-state index in [0.29, 0.717) is 6.54 Å². The summed E-state index contributed by atoms with van der Waals surface area (Å²) < 4.78 is 0. The number of hydrogen-bond acceptors (Lipinski definition) is 2. The Bertz CT molecular complexity index is 303. The number of aromatic hydroxyl groups is 1. The van der Waals surface area contributed by atoms with E-state index < -0.39 is 0 Å². The van der Waals surface area contributed by atoms with Crippen LogP contribution in [0.15, 0.2) is 36.9 Å². The summed E-state index contributed by atoms with van der Waals surface area (Å²) in [6, 6.07) is 6.65. The third-order valence-corrected chi connectivity index (χ3v) is 1.59. The number of hydrogen-bond donors (Lipinski definition) is 2. The first-order valence-electron chi connectivity index (χ1n) is 3.90. The number of carbonyl (C=O) groups is 1. The van der Waals surface area contributed by atoms with Crippen LogP contribution in [0.5, 0.6) is 5.75 Å². The van der Waals surface area contributed by atoms with Crippen LogP contribution < -0.4 is 5.32 Å². The topological polar surface area (TPSA) is 49.3 Å². The Morgan fingerprint density at radius 1 is 1.46 bits per heavy atom. The van der Waals surface area contributed by atoms with E-state index in [9.17, 15) is 4.79 Å². The van der Waals surface area contributed by atoms with Gasteiger partial charge in [-0.2, -0.15) is 0 Å². The van der Waals surface area contributed by atoms with Crippen molar-refractivity contribution in [2.75, 3.05) is 0 Å². The van der Waals surface area contributed by atoms with Gasteiger partial charge in [0.05, 0.1) is 0 Å². The van der Waals surface area contributed by atoms with Crippen LogP contribution in [0.4, 0.5) is 0 Å². The summed E-state index contributed by atoms with van der Waals surface area (Å²) in [6.45, 7) is 3.78. The van der Waals surface area contributed by atoms with Crippen molar-refractivity contribution in [1.82, 2.24) is 5.32 Å². The van der Waals surface area contributed by atoms with Crippen LogP contribution in [-0.4, -0.2) is 11.0 Å². The van der Waals surface area contributed by atoms with Crippen LogP contribution in [-0.2, 0) is 11.3 Å². The molecule has 1 aromatic carbocycles. The van der Waals surface area contributed by atoms with Gasteiger partial charge in [0.2, 0.25) is 5.91 Å². The van der Waals surface area contributed by atoms with Gasteiger partial charge in [0.25, 0.3) is 0 Å². The van der Waals surface area contributed by atoms with Crippen molar-refractivity contribution >= 4 is 5.91 Å². The average Bonchev–Trinajstić information content (AvgIpc) is 2.16. The molecule has 3 heteroatoms. The largest absolute Gasteiger partial charge is 0.508 e. The molecule has 0 radical (unpaired) electrons. The predicted octanol–water partition coefficient (Wildman–Crippen LogP) is 1.19. The van der Waals surface area contributed by atoms with E-state index in [2.05, 4.69) is 11.9 Å². The van der Waals surface area contributed by atoms with E-state index in [0.717, 1.165) is 5.56 Å². The molecule has 1 aromatic rings. The smallest absolute Gasteiger partial charge is 0.243 e. The van der Waals surface area contributed by atoms with Gasteiger partial charge in [-0.05, 0) is 23.8 Å². The lowest BCUT2D eigenvalue weighted by Crippen LogP contribution is -2.19. The first-order chi connectivity index (χ1) is 6.22. The lowest BCUT2D eigenvalue weighted by molar-refractivity contribution is -0.116. The quantitative estimate of drug-likeness (QED) is 0.681. The minimum Gasteiger partial charge on any atom is -0.508 e. The zero-order valence-electron chi connectivity index (χ0n) is 7.16. The molecule has 0 aromatic heterocycles. The maximum absolute atomic E-state index is 10.8. The fourth-order valence-corrected chi connectivity index (χ4v) is 0.875. The normalized spacial score (nSPS) is 9.23. The summed E-state index contributed by atoms with van der Waals surface area (Å²) >= 11 is 0.